The number of benzene rings is 2. The number of halogens is 3. The Morgan fingerprint density at radius 1 is 0.900 bits per heavy atom. The van der Waals surface area contributed by atoms with Crippen molar-refractivity contribution < 1.29 is 51.2 Å². The molecule has 40 heavy (non-hydrogen) atoms. The molecule has 4 rings (SSSR count). The Labute approximate surface area is 227 Å². The molecule has 14 heteroatoms. The van der Waals surface area contributed by atoms with Gasteiger partial charge in [0.1, 0.15) is 24.9 Å². The van der Waals surface area contributed by atoms with Gasteiger partial charge in [0, 0.05) is 37.7 Å². The largest absolute Gasteiger partial charge is 0.573 e. The minimum absolute atomic E-state index is 0.199. The number of hydrogen-bond donors (Lipinski definition) is 1. The van der Waals surface area contributed by atoms with Crippen molar-refractivity contribution in [2.45, 2.75) is 44.3 Å². The van der Waals surface area contributed by atoms with Crippen molar-refractivity contribution in [3.05, 3.63) is 48.5 Å². The number of anilines is 3. The fourth-order valence-corrected chi connectivity index (χ4v) is 4.41. The molecule has 0 radical (unpaired) electrons. The van der Waals surface area contributed by atoms with Crippen LogP contribution in [-0.4, -0.2) is 76.2 Å². The van der Waals surface area contributed by atoms with Gasteiger partial charge in [0.2, 0.25) is 18.1 Å². The van der Waals surface area contributed by atoms with Gasteiger partial charge in [0.05, 0.1) is 12.2 Å². The van der Waals surface area contributed by atoms with Crippen LogP contribution in [0.5, 0.6) is 5.75 Å². The summed E-state index contributed by atoms with van der Waals surface area (Å²) in [6.45, 7) is 1.21. The van der Waals surface area contributed by atoms with Gasteiger partial charge in [-0.2, -0.15) is 0 Å². The van der Waals surface area contributed by atoms with Gasteiger partial charge in [-0.25, -0.2) is 4.79 Å². The van der Waals surface area contributed by atoms with Crippen LogP contribution in [0.3, 0.4) is 0 Å². The van der Waals surface area contributed by atoms with Crippen LogP contribution in [0.2, 0.25) is 0 Å². The quantitative estimate of drug-likeness (QED) is 0.539. The zero-order valence-electron chi connectivity index (χ0n) is 21.8. The number of nitrogens with zero attached hydrogens (tertiary/aromatic N) is 2. The van der Waals surface area contributed by atoms with Gasteiger partial charge < -0.3 is 33.5 Å². The van der Waals surface area contributed by atoms with Gasteiger partial charge in [-0.3, -0.25) is 14.9 Å². The van der Waals surface area contributed by atoms with Crippen molar-refractivity contribution >= 4 is 35.0 Å². The van der Waals surface area contributed by atoms with E-state index in [0.717, 1.165) is 12.1 Å². The van der Waals surface area contributed by atoms with Crippen LogP contribution in [0.4, 0.5) is 35.0 Å². The van der Waals surface area contributed by atoms with Gasteiger partial charge in [0.15, 0.2) is 0 Å². The number of carbonyl (C=O) groups is 3. The van der Waals surface area contributed by atoms with Crippen molar-refractivity contribution in [3.63, 3.8) is 0 Å². The van der Waals surface area contributed by atoms with Crippen LogP contribution in [0, 0.1) is 0 Å². The van der Waals surface area contributed by atoms with E-state index >= 15 is 0 Å². The standard InChI is InChI=1S/C26H28F3N3O8/c1-15-20(36-2)12-21(37-3)24(38-15)39-25(35)30-16-4-6-17(7-5-16)31-13-23(34)32(14-22(31)33)18-8-10-19(11-9-18)40-26(27,28)29/h4-11,15,20-21,24H,12-14H2,1-3H3,(H,30,35)/t15-,20+,21+,24-/m0/s1. The van der Waals surface area contributed by atoms with E-state index in [0.29, 0.717) is 17.8 Å². The minimum Gasteiger partial charge on any atom is -0.416 e. The number of rotatable bonds is 7. The van der Waals surface area contributed by atoms with Crippen molar-refractivity contribution in [3.8, 4) is 5.75 Å². The molecule has 2 aliphatic rings. The fraction of sp³-hybridized carbons (Fsp3) is 0.423. The van der Waals surface area contributed by atoms with E-state index < -0.39 is 42.4 Å². The topological polar surface area (TPSA) is 116 Å². The summed E-state index contributed by atoms with van der Waals surface area (Å²) >= 11 is 0. The monoisotopic (exact) mass is 567 g/mol. The predicted octanol–water partition coefficient (Wildman–Crippen LogP) is 3.68. The number of hydrogen-bond acceptors (Lipinski definition) is 8. The molecule has 216 valence electrons. The van der Waals surface area contributed by atoms with Crippen LogP contribution in [0.1, 0.15) is 13.3 Å². The Kier molecular flexibility index (Phi) is 8.81. The molecule has 0 spiro atoms. The van der Waals surface area contributed by atoms with Gasteiger partial charge in [-0.15, -0.1) is 13.2 Å². The number of ether oxygens (including phenoxy) is 5. The Bertz CT molecular complexity index is 1210. The van der Waals surface area contributed by atoms with Crippen LogP contribution in [0.15, 0.2) is 48.5 Å². The third-order valence-corrected chi connectivity index (χ3v) is 6.47. The lowest BCUT2D eigenvalue weighted by atomic mass is 10.0. The van der Waals surface area contributed by atoms with Crippen LogP contribution in [0.25, 0.3) is 0 Å². The van der Waals surface area contributed by atoms with E-state index in [1.807, 2.05) is 6.92 Å². The third-order valence-electron chi connectivity index (χ3n) is 6.47. The van der Waals surface area contributed by atoms with Gasteiger partial charge in [0.25, 0.3) is 0 Å². The molecule has 2 heterocycles. The average Bonchev–Trinajstić information content (AvgIpc) is 2.90. The Hall–Kier alpha value is -3.88. The van der Waals surface area contributed by atoms with Crippen molar-refractivity contribution in [1.82, 2.24) is 0 Å². The highest BCUT2D eigenvalue weighted by Crippen LogP contribution is 2.28. The summed E-state index contributed by atoms with van der Waals surface area (Å²) in [5.74, 6) is -1.27. The predicted molar refractivity (Wildman–Crippen MR) is 135 cm³/mol. The minimum atomic E-state index is -4.84. The summed E-state index contributed by atoms with van der Waals surface area (Å²) < 4.78 is 62.8. The molecule has 11 nitrogen and oxygen atoms in total. The first-order valence-corrected chi connectivity index (χ1v) is 12.2. The van der Waals surface area contributed by atoms with Crippen LogP contribution in [-0.2, 0) is 28.5 Å². The van der Waals surface area contributed by atoms with E-state index in [4.69, 9.17) is 18.9 Å². The first kappa shape index (κ1) is 29.1. The molecular formula is C26H28F3N3O8. The SMILES string of the molecule is CO[C@@H]1C[C@@H](OC)[C@H](C)O[C@H]1OC(=O)Nc1ccc(N2CC(=O)N(c3ccc(OC(F)(F)F)cc3)CC2=O)cc1. The molecule has 0 aliphatic carbocycles. The number of amides is 3. The van der Waals surface area contributed by atoms with Crippen molar-refractivity contribution in [2.75, 3.05) is 42.4 Å². The third kappa shape index (κ3) is 7.00. The number of nitrogens with one attached hydrogen (secondary N) is 1. The molecule has 0 unspecified atom stereocenters. The van der Waals surface area contributed by atoms with Crippen molar-refractivity contribution in [1.29, 1.82) is 0 Å². The summed E-state index contributed by atoms with van der Waals surface area (Å²) in [6.07, 6.45) is -7.07. The molecule has 3 amide bonds. The zero-order chi connectivity index (χ0) is 29.0. The summed E-state index contributed by atoms with van der Waals surface area (Å²) in [7, 11) is 3.05. The lowest BCUT2D eigenvalue weighted by molar-refractivity contribution is -0.274. The highest BCUT2D eigenvalue weighted by Gasteiger charge is 2.39. The zero-order valence-corrected chi connectivity index (χ0v) is 21.8. The number of carbonyl (C=O) groups excluding carboxylic acids is 3. The normalized spacial score (nSPS) is 23.6. The maximum atomic E-state index is 12.8. The van der Waals surface area contributed by atoms with Crippen molar-refractivity contribution in [2.24, 2.45) is 0 Å². The Balaban J connectivity index is 1.33. The first-order chi connectivity index (χ1) is 19.0. The smallest absolute Gasteiger partial charge is 0.416 e. The van der Waals surface area contributed by atoms with Crippen LogP contribution >= 0.6 is 0 Å². The lowest BCUT2D eigenvalue weighted by Crippen LogP contribution is -2.54. The van der Waals surface area contributed by atoms with Crippen LogP contribution < -0.4 is 19.9 Å². The Morgan fingerprint density at radius 3 is 1.93 bits per heavy atom. The molecule has 2 aromatic carbocycles. The van der Waals surface area contributed by atoms with E-state index in [9.17, 15) is 27.6 Å². The number of alkyl halides is 3. The molecule has 1 N–H and O–H groups in total. The molecule has 2 saturated heterocycles. The molecule has 0 aromatic heterocycles. The second-order valence-corrected chi connectivity index (χ2v) is 9.07. The fourth-order valence-electron chi connectivity index (χ4n) is 4.41. The Morgan fingerprint density at radius 2 is 1.43 bits per heavy atom. The molecule has 0 saturated carbocycles. The summed E-state index contributed by atoms with van der Waals surface area (Å²) in [5, 5.41) is 2.58. The first-order valence-electron chi connectivity index (χ1n) is 12.2. The lowest BCUT2D eigenvalue weighted by Gasteiger charge is -2.37. The maximum absolute atomic E-state index is 12.8. The molecular weight excluding hydrogens is 539 g/mol. The summed E-state index contributed by atoms with van der Waals surface area (Å²) in [4.78, 5) is 40.5. The molecule has 4 atom stereocenters. The summed E-state index contributed by atoms with van der Waals surface area (Å²) in [5.41, 5.74) is 1.05. The van der Waals surface area contributed by atoms with Gasteiger partial charge in [-0.05, 0) is 55.5 Å². The van der Waals surface area contributed by atoms with E-state index in [1.165, 1.54) is 29.0 Å². The second-order valence-electron chi connectivity index (χ2n) is 9.07. The van der Waals surface area contributed by atoms with E-state index in [1.54, 1.807) is 31.4 Å². The van der Waals surface area contributed by atoms with E-state index in [-0.39, 0.29) is 31.0 Å². The van der Waals surface area contributed by atoms with Gasteiger partial charge >= 0.3 is 12.5 Å². The number of piperazine rings is 1. The highest BCUT2D eigenvalue weighted by molar-refractivity contribution is 6.12. The number of methoxy groups -OCH3 is 2. The molecule has 0 bridgehead atoms. The molecule has 2 aliphatic heterocycles. The van der Waals surface area contributed by atoms with E-state index in [2.05, 4.69) is 10.1 Å². The second kappa shape index (κ2) is 12.1. The summed E-state index contributed by atoms with van der Waals surface area (Å²) in [6, 6.07) is 10.9. The maximum Gasteiger partial charge on any atom is 0.573 e. The average molecular weight is 568 g/mol. The molecule has 2 aromatic rings. The highest BCUT2D eigenvalue weighted by atomic mass is 19.4. The molecule has 2 fully saturated rings. The van der Waals surface area contributed by atoms with Gasteiger partial charge in [-0.1, -0.05) is 0 Å².